The van der Waals surface area contributed by atoms with Gasteiger partial charge in [-0.15, -0.1) is 6.58 Å². The predicted octanol–water partition coefficient (Wildman–Crippen LogP) is 4.18. The van der Waals surface area contributed by atoms with Crippen LogP contribution in [0.15, 0.2) is 30.4 Å². The zero-order valence-electron chi connectivity index (χ0n) is 11.4. The minimum atomic E-state index is 0.421. The fourth-order valence-corrected chi connectivity index (χ4v) is 1.72. The van der Waals surface area contributed by atoms with Gasteiger partial charge in [0.1, 0.15) is 5.75 Å². The molecule has 1 aromatic carbocycles. The van der Waals surface area contributed by atoms with Gasteiger partial charge in [0, 0.05) is 29.6 Å². The van der Waals surface area contributed by atoms with Crippen LogP contribution in [0.5, 0.6) is 5.75 Å². The van der Waals surface area contributed by atoms with Crippen LogP contribution in [-0.2, 0) is 6.54 Å². The van der Waals surface area contributed by atoms with Gasteiger partial charge in [-0.2, -0.15) is 0 Å². The molecule has 0 saturated heterocycles. The van der Waals surface area contributed by atoms with Crippen molar-refractivity contribution < 1.29 is 4.74 Å². The van der Waals surface area contributed by atoms with Crippen LogP contribution in [0.2, 0.25) is 5.02 Å². The van der Waals surface area contributed by atoms with Crippen LogP contribution < -0.4 is 10.1 Å². The van der Waals surface area contributed by atoms with Crippen molar-refractivity contribution in [2.24, 2.45) is 0 Å². The third kappa shape index (κ3) is 5.11. The summed E-state index contributed by atoms with van der Waals surface area (Å²) < 4.78 is 5.78. The summed E-state index contributed by atoms with van der Waals surface area (Å²) in [5.41, 5.74) is 2.15. The second-order valence-corrected chi connectivity index (χ2v) is 5.21. The molecule has 3 heteroatoms. The van der Waals surface area contributed by atoms with E-state index in [1.807, 2.05) is 25.1 Å². The standard InChI is InChI=1S/C15H22ClNO/c1-11(2)8-9-18-15-7-5-6-14(16)13(15)10-17-12(3)4/h5-7,12,17H,1,8-10H2,2-4H3. The number of rotatable bonds is 7. The monoisotopic (exact) mass is 267 g/mol. The SMILES string of the molecule is C=C(C)CCOc1cccc(Cl)c1CNC(C)C. The average molecular weight is 268 g/mol. The Kier molecular flexibility index (Phi) is 6.23. The largest absolute Gasteiger partial charge is 0.493 e. The van der Waals surface area contributed by atoms with Gasteiger partial charge in [0.05, 0.1) is 6.61 Å². The highest BCUT2D eigenvalue weighted by molar-refractivity contribution is 6.31. The molecule has 0 bridgehead atoms. The van der Waals surface area contributed by atoms with E-state index in [9.17, 15) is 0 Å². The summed E-state index contributed by atoms with van der Waals surface area (Å²) in [6.07, 6.45) is 0.865. The molecule has 18 heavy (non-hydrogen) atoms. The second-order valence-electron chi connectivity index (χ2n) is 4.81. The first-order valence-electron chi connectivity index (χ1n) is 6.28. The molecule has 0 aliphatic carbocycles. The summed E-state index contributed by atoms with van der Waals surface area (Å²) in [6, 6.07) is 6.19. The summed E-state index contributed by atoms with van der Waals surface area (Å²) in [7, 11) is 0. The fourth-order valence-electron chi connectivity index (χ4n) is 1.49. The summed E-state index contributed by atoms with van der Waals surface area (Å²) in [5.74, 6) is 0.858. The number of ether oxygens (including phenoxy) is 1. The van der Waals surface area contributed by atoms with Crippen molar-refractivity contribution in [1.82, 2.24) is 5.32 Å². The Hall–Kier alpha value is -0.990. The summed E-state index contributed by atoms with van der Waals surface area (Å²) >= 11 is 6.22. The Balaban J connectivity index is 2.70. The van der Waals surface area contributed by atoms with E-state index < -0.39 is 0 Å². The summed E-state index contributed by atoms with van der Waals surface area (Å²) in [5, 5.41) is 4.11. The number of halogens is 1. The molecule has 1 aromatic rings. The molecule has 0 fully saturated rings. The minimum Gasteiger partial charge on any atom is -0.493 e. The molecule has 100 valence electrons. The molecule has 0 atom stereocenters. The van der Waals surface area contributed by atoms with Gasteiger partial charge in [0.15, 0.2) is 0 Å². The number of benzene rings is 1. The van der Waals surface area contributed by atoms with Gasteiger partial charge in [-0.1, -0.05) is 37.1 Å². The lowest BCUT2D eigenvalue weighted by molar-refractivity contribution is 0.317. The van der Waals surface area contributed by atoms with E-state index >= 15 is 0 Å². The molecule has 0 radical (unpaired) electrons. The smallest absolute Gasteiger partial charge is 0.125 e. The van der Waals surface area contributed by atoms with Gasteiger partial charge in [0.25, 0.3) is 0 Å². The Morgan fingerprint density at radius 3 is 2.78 bits per heavy atom. The third-order valence-electron chi connectivity index (χ3n) is 2.55. The van der Waals surface area contributed by atoms with Crippen molar-refractivity contribution in [3.05, 3.63) is 40.9 Å². The molecule has 0 heterocycles. The van der Waals surface area contributed by atoms with Gasteiger partial charge in [0.2, 0.25) is 0 Å². The predicted molar refractivity (Wildman–Crippen MR) is 78.4 cm³/mol. The van der Waals surface area contributed by atoms with Crippen LogP contribution in [0.3, 0.4) is 0 Å². The van der Waals surface area contributed by atoms with Crippen molar-refractivity contribution in [3.8, 4) is 5.75 Å². The fraction of sp³-hybridized carbons (Fsp3) is 0.467. The third-order valence-corrected chi connectivity index (χ3v) is 2.90. The maximum absolute atomic E-state index is 6.22. The van der Waals surface area contributed by atoms with Crippen LogP contribution in [0.1, 0.15) is 32.8 Å². The van der Waals surface area contributed by atoms with Gasteiger partial charge >= 0.3 is 0 Å². The van der Waals surface area contributed by atoms with Gasteiger partial charge in [-0.25, -0.2) is 0 Å². The van der Waals surface area contributed by atoms with E-state index in [2.05, 4.69) is 25.7 Å². The molecule has 1 rings (SSSR count). The van der Waals surface area contributed by atoms with Crippen molar-refractivity contribution >= 4 is 11.6 Å². The Morgan fingerprint density at radius 2 is 2.17 bits per heavy atom. The molecule has 0 saturated carbocycles. The molecule has 0 aromatic heterocycles. The van der Waals surface area contributed by atoms with Crippen LogP contribution in [0, 0.1) is 0 Å². The molecular weight excluding hydrogens is 246 g/mol. The quantitative estimate of drug-likeness (QED) is 0.748. The second kappa shape index (κ2) is 7.45. The highest BCUT2D eigenvalue weighted by atomic mass is 35.5. The normalized spacial score (nSPS) is 10.7. The Bertz CT molecular complexity index is 401. The maximum Gasteiger partial charge on any atom is 0.125 e. The van der Waals surface area contributed by atoms with Gasteiger partial charge in [-0.05, 0) is 19.1 Å². The highest BCUT2D eigenvalue weighted by Gasteiger charge is 2.08. The lowest BCUT2D eigenvalue weighted by Gasteiger charge is -2.15. The van der Waals surface area contributed by atoms with Crippen molar-refractivity contribution in [3.63, 3.8) is 0 Å². The van der Waals surface area contributed by atoms with E-state index in [0.29, 0.717) is 12.6 Å². The molecule has 0 spiro atoms. The first-order valence-corrected chi connectivity index (χ1v) is 6.66. The summed E-state index contributed by atoms with van der Waals surface area (Å²) in [6.45, 7) is 11.5. The maximum atomic E-state index is 6.22. The van der Waals surface area contributed by atoms with Crippen LogP contribution in [0.4, 0.5) is 0 Å². The lowest BCUT2D eigenvalue weighted by atomic mass is 10.2. The van der Waals surface area contributed by atoms with Crippen molar-refractivity contribution in [1.29, 1.82) is 0 Å². The number of hydrogen-bond donors (Lipinski definition) is 1. The van der Waals surface area contributed by atoms with Crippen molar-refractivity contribution in [2.45, 2.75) is 39.8 Å². The van der Waals surface area contributed by atoms with E-state index in [1.165, 1.54) is 0 Å². The van der Waals surface area contributed by atoms with E-state index in [-0.39, 0.29) is 0 Å². The van der Waals surface area contributed by atoms with Crippen LogP contribution in [-0.4, -0.2) is 12.6 Å². The zero-order chi connectivity index (χ0) is 13.5. The molecule has 0 unspecified atom stereocenters. The molecule has 0 amide bonds. The number of hydrogen-bond acceptors (Lipinski definition) is 2. The Morgan fingerprint density at radius 1 is 1.44 bits per heavy atom. The molecule has 1 N–H and O–H groups in total. The topological polar surface area (TPSA) is 21.3 Å². The van der Waals surface area contributed by atoms with E-state index in [0.717, 1.165) is 34.9 Å². The number of nitrogens with one attached hydrogen (secondary N) is 1. The van der Waals surface area contributed by atoms with E-state index in [1.54, 1.807) is 0 Å². The molecule has 0 aliphatic heterocycles. The van der Waals surface area contributed by atoms with Crippen molar-refractivity contribution in [2.75, 3.05) is 6.61 Å². The van der Waals surface area contributed by atoms with Gasteiger partial charge in [-0.3, -0.25) is 0 Å². The average Bonchev–Trinajstić information content (AvgIpc) is 2.27. The first-order chi connectivity index (χ1) is 8.50. The lowest BCUT2D eigenvalue weighted by Crippen LogP contribution is -2.22. The highest BCUT2D eigenvalue weighted by Crippen LogP contribution is 2.26. The Labute approximate surface area is 115 Å². The van der Waals surface area contributed by atoms with E-state index in [4.69, 9.17) is 16.3 Å². The summed E-state index contributed by atoms with van der Waals surface area (Å²) in [4.78, 5) is 0. The van der Waals surface area contributed by atoms with Crippen LogP contribution >= 0.6 is 11.6 Å². The molecule has 0 aliphatic rings. The van der Waals surface area contributed by atoms with Gasteiger partial charge < -0.3 is 10.1 Å². The molecule has 2 nitrogen and oxygen atoms in total. The molecular formula is C15H22ClNO. The zero-order valence-corrected chi connectivity index (χ0v) is 12.2. The first kappa shape index (κ1) is 15.1. The van der Waals surface area contributed by atoms with Crippen LogP contribution in [0.25, 0.3) is 0 Å². The minimum absolute atomic E-state index is 0.421.